The van der Waals surface area contributed by atoms with Crippen molar-refractivity contribution < 1.29 is 32.2 Å². The van der Waals surface area contributed by atoms with Crippen molar-refractivity contribution in [3.8, 4) is 5.75 Å². The van der Waals surface area contributed by atoms with Gasteiger partial charge in [0.2, 0.25) is 10.0 Å². The van der Waals surface area contributed by atoms with Gasteiger partial charge in [-0.25, -0.2) is 13.2 Å². The topological polar surface area (TPSA) is 111 Å². The number of nitrogens with zero attached hydrogens (tertiary/aromatic N) is 1. The van der Waals surface area contributed by atoms with E-state index >= 15 is 0 Å². The first-order chi connectivity index (χ1) is 15.7. The van der Waals surface area contributed by atoms with Gasteiger partial charge in [0.15, 0.2) is 12.7 Å². The molecule has 0 aliphatic carbocycles. The quantitative estimate of drug-likeness (QED) is 0.582. The van der Waals surface area contributed by atoms with E-state index in [2.05, 4.69) is 5.32 Å². The van der Waals surface area contributed by atoms with Crippen LogP contribution < -0.4 is 10.1 Å². The molecule has 0 bridgehead atoms. The number of amides is 1. The van der Waals surface area contributed by atoms with Crippen molar-refractivity contribution in [3.63, 3.8) is 0 Å². The van der Waals surface area contributed by atoms with Gasteiger partial charge < -0.3 is 19.5 Å². The second-order valence-electron chi connectivity index (χ2n) is 7.72. The van der Waals surface area contributed by atoms with Crippen molar-refractivity contribution in [2.45, 2.75) is 31.8 Å². The molecular weight excluding hydrogens is 448 g/mol. The number of hydrogen-bond acceptors (Lipinski definition) is 7. The van der Waals surface area contributed by atoms with Crippen LogP contribution in [0.25, 0.3) is 0 Å². The third kappa shape index (κ3) is 6.53. The van der Waals surface area contributed by atoms with Gasteiger partial charge in [-0.15, -0.1) is 0 Å². The smallest absolute Gasteiger partial charge is 0.344 e. The van der Waals surface area contributed by atoms with Crippen molar-refractivity contribution in [1.82, 2.24) is 4.31 Å². The van der Waals surface area contributed by atoms with Gasteiger partial charge in [-0.2, -0.15) is 4.31 Å². The fourth-order valence-electron chi connectivity index (χ4n) is 3.20. The van der Waals surface area contributed by atoms with Crippen LogP contribution in [0.4, 0.5) is 5.69 Å². The number of carbonyl (C=O) groups excluding carboxylic acids is 2. The second kappa shape index (κ2) is 10.8. The Morgan fingerprint density at radius 3 is 2.58 bits per heavy atom. The minimum Gasteiger partial charge on any atom is -0.482 e. The second-order valence-corrected chi connectivity index (χ2v) is 9.66. The molecule has 1 saturated heterocycles. The van der Waals surface area contributed by atoms with Gasteiger partial charge in [0, 0.05) is 18.8 Å². The molecule has 1 atom stereocenters. The van der Waals surface area contributed by atoms with E-state index in [0.29, 0.717) is 19.0 Å². The summed E-state index contributed by atoms with van der Waals surface area (Å²) in [7, 11) is -3.70. The van der Waals surface area contributed by atoms with E-state index in [-0.39, 0.29) is 30.3 Å². The minimum atomic E-state index is -3.70. The average molecular weight is 477 g/mol. The van der Waals surface area contributed by atoms with Crippen molar-refractivity contribution in [3.05, 3.63) is 53.6 Å². The number of hydrogen-bond donors (Lipinski definition) is 1. The first kappa shape index (κ1) is 24.7. The largest absolute Gasteiger partial charge is 0.482 e. The molecule has 1 aliphatic rings. The van der Waals surface area contributed by atoms with Crippen molar-refractivity contribution in [2.24, 2.45) is 0 Å². The minimum absolute atomic E-state index is 0.0637. The van der Waals surface area contributed by atoms with Gasteiger partial charge in [-0.3, -0.25) is 4.79 Å². The van der Waals surface area contributed by atoms with Crippen LogP contribution in [0.1, 0.15) is 18.1 Å². The van der Waals surface area contributed by atoms with Crippen LogP contribution in [-0.4, -0.2) is 63.6 Å². The molecule has 1 aliphatic heterocycles. The first-order valence-electron chi connectivity index (χ1n) is 10.5. The Morgan fingerprint density at radius 2 is 1.85 bits per heavy atom. The number of aryl methyl sites for hydroxylation is 2. The number of nitrogens with one attached hydrogen (secondary N) is 1. The Labute approximate surface area is 193 Å². The molecule has 33 heavy (non-hydrogen) atoms. The summed E-state index contributed by atoms with van der Waals surface area (Å²) in [6.07, 6.45) is -1.10. The highest BCUT2D eigenvalue weighted by atomic mass is 32.2. The third-order valence-electron chi connectivity index (χ3n) is 5.08. The fraction of sp³-hybridized carbons (Fsp3) is 0.391. The number of ether oxygens (including phenoxy) is 3. The normalized spacial score (nSPS) is 15.5. The summed E-state index contributed by atoms with van der Waals surface area (Å²) in [5, 5.41) is 2.59. The van der Waals surface area contributed by atoms with E-state index in [4.69, 9.17) is 14.2 Å². The molecule has 2 aromatic carbocycles. The van der Waals surface area contributed by atoms with Crippen LogP contribution >= 0.6 is 0 Å². The number of anilines is 1. The van der Waals surface area contributed by atoms with Crippen LogP contribution in [0.2, 0.25) is 0 Å². The molecule has 1 fully saturated rings. The predicted molar refractivity (Wildman–Crippen MR) is 122 cm³/mol. The molecule has 0 aromatic heterocycles. The van der Waals surface area contributed by atoms with E-state index in [1.165, 1.54) is 29.4 Å². The molecule has 1 N–H and O–H groups in total. The Hall–Kier alpha value is -2.95. The first-order valence-corrected chi connectivity index (χ1v) is 12.0. The van der Waals surface area contributed by atoms with Gasteiger partial charge in [-0.05, 0) is 56.2 Å². The van der Waals surface area contributed by atoms with Crippen molar-refractivity contribution in [1.29, 1.82) is 0 Å². The number of sulfonamides is 1. The molecule has 1 heterocycles. The lowest BCUT2D eigenvalue weighted by Crippen LogP contribution is -2.40. The number of rotatable bonds is 8. The van der Waals surface area contributed by atoms with Crippen LogP contribution in [-0.2, 0) is 29.1 Å². The summed E-state index contributed by atoms with van der Waals surface area (Å²) in [6, 6.07) is 11.6. The summed E-state index contributed by atoms with van der Waals surface area (Å²) >= 11 is 0. The highest BCUT2D eigenvalue weighted by Crippen LogP contribution is 2.21. The van der Waals surface area contributed by atoms with E-state index in [9.17, 15) is 18.0 Å². The fourth-order valence-corrected chi connectivity index (χ4v) is 4.65. The third-order valence-corrected chi connectivity index (χ3v) is 6.97. The number of esters is 1. The van der Waals surface area contributed by atoms with E-state index < -0.39 is 28.0 Å². The summed E-state index contributed by atoms with van der Waals surface area (Å²) in [5.74, 6) is -0.708. The number of morpholine rings is 1. The van der Waals surface area contributed by atoms with Crippen LogP contribution in [0, 0.1) is 13.8 Å². The molecule has 3 rings (SSSR count). The lowest BCUT2D eigenvalue weighted by molar-refractivity contribution is -0.155. The van der Waals surface area contributed by atoms with Crippen molar-refractivity contribution in [2.75, 3.05) is 38.2 Å². The lowest BCUT2D eigenvalue weighted by atomic mass is 10.1. The van der Waals surface area contributed by atoms with Gasteiger partial charge in [0.25, 0.3) is 5.91 Å². The summed E-state index contributed by atoms with van der Waals surface area (Å²) < 4.78 is 42.8. The van der Waals surface area contributed by atoms with Gasteiger partial charge in [0.05, 0.1) is 18.1 Å². The molecule has 1 amide bonds. The summed E-state index contributed by atoms with van der Waals surface area (Å²) in [6.45, 7) is 6.10. The van der Waals surface area contributed by atoms with Crippen LogP contribution in [0.3, 0.4) is 0 Å². The predicted octanol–water partition coefficient (Wildman–Crippen LogP) is 2.27. The van der Waals surface area contributed by atoms with Gasteiger partial charge >= 0.3 is 5.97 Å². The molecule has 0 radical (unpaired) electrons. The monoisotopic (exact) mass is 476 g/mol. The Bertz CT molecular complexity index is 1110. The van der Waals surface area contributed by atoms with E-state index in [1.807, 2.05) is 32.0 Å². The SMILES string of the molecule is Cc1ccc(C)c(OCC(=O)OC(C)C(=O)Nc2cccc(S(=O)(=O)N3CCOCC3)c2)c1. The highest BCUT2D eigenvalue weighted by Gasteiger charge is 2.27. The van der Waals surface area contributed by atoms with E-state index in [1.54, 1.807) is 6.07 Å². The Kier molecular flexibility index (Phi) is 8.06. The molecule has 10 heteroatoms. The summed E-state index contributed by atoms with van der Waals surface area (Å²) in [5.41, 5.74) is 2.16. The zero-order valence-electron chi connectivity index (χ0n) is 18.9. The highest BCUT2D eigenvalue weighted by molar-refractivity contribution is 7.89. The number of carbonyl (C=O) groups is 2. The maximum absolute atomic E-state index is 12.8. The summed E-state index contributed by atoms with van der Waals surface area (Å²) in [4.78, 5) is 24.7. The number of benzene rings is 2. The van der Waals surface area contributed by atoms with Crippen molar-refractivity contribution >= 4 is 27.6 Å². The van der Waals surface area contributed by atoms with E-state index in [0.717, 1.165) is 11.1 Å². The molecule has 1 unspecified atom stereocenters. The molecule has 0 saturated carbocycles. The molecule has 9 nitrogen and oxygen atoms in total. The maximum Gasteiger partial charge on any atom is 0.344 e. The van der Waals surface area contributed by atoms with Gasteiger partial charge in [-0.1, -0.05) is 18.2 Å². The maximum atomic E-state index is 12.8. The lowest BCUT2D eigenvalue weighted by Gasteiger charge is -2.26. The standard InChI is InChI=1S/C23H28N2O7S/c1-16-7-8-17(2)21(13-16)31-15-22(26)32-18(3)23(27)24-19-5-4-6-20(14-19)33(28,29)25-9-11-30-12-10-25/h4-8,13-14,18H,9-12,15H2,1-3H3,(H,24,27). The molecule has 0 spiro atoms. The molecular formula is C23H28N2O7S. The zero-order valence-corrected chi connectivity index (χ0v) is 19.7. The molecule has 178 valence electrons. The molecule has 2 aromatic rings. The Balaban J connectivity index is 1.56. The average Bonchev–Trinajstić information content (AvgIpc) is 2.80. The Morgan fingerprint density at radius 1 is 1.12 bits per heavy atom. The van der Waals surface area contributed by atoms with Gasteiger partial charge in [0.1, 0.15) is 5.75 Å². The zero-order chi connectivity index (χ0) is 24.0. The van der Waals surface area contributed by atoms with Crippen LogP contribution in [0.5, 0.6) is 5.75 Å². The van der Waals surface area contributed by atoms with Crippen LogP contribution in [0.15, 0.2) is 47.4 Å².